The van der Waals surface area contributed by atoms with E-state index in [4.69, 9.17) is 0 Å². The van der Waals surface area contributed by atoms with Crippen LogP contribution in [0.1, 0.15) is 24.1 Å². The maximum Gasteiger partial charge on any atom is 0.317 e. The summed E-state index contributed by atoms with van der Waals surface area (Å²) in [7, 11) is 1.90. The summed E-state index contributed by atoms with van der Waals surface area (Å²) >= 11 is 0. The van der Waals surface area contributed by atoms with Crippen LogP contribution in [0.3, 0.4) is 0 Å². The SMILES string of the molecule is Cc1ccc([C@@H](C)NC(=O)N2CCN(c3nncn3C)CC2)cc1F. The molecule has 0 bridgehead atoms. The number of nitrogens with one attached hydrogen (secondary N) is 1. The molecule has 2 amide bonds. The van der Waals surface area contributed by atoms with Crippen molar-refractivity contribution in [3.63, 3.8) is 0 Å². The number of urea groups is 1. The van der Waals surface area contributed by atoms with E-state index in [1.165, 1.54) is 6.07 Å². The second-order valence-corrected chi connectivity index (χ2v) is 6.40. The van der Waals surface area contributed by atoms with Gasteiger partial charge in [0.2, 0.25) is 5.95 Å². The highest BCUT2D eigenvalue weighted by molar-refractivity contribution is 5.75. The molecule has 1 atom stereocenters. The van der Waals surface area contributed by atoms with Gasteiger partial charge in [-0.1, -0.05) is 12.1 Å². The minimum Gasteiger partial charge on any atom is -0.337 e. The third-order valence-corrected chi connectivity index (χ3v) is 4.57. The summed E-state index contributed by atoms with van der Waals surface area (Å²) < 4.78 is 15.6. The smallest absolute Gasteiger partial charge is 0.317 e. The number of carbonyl (C=O) groups excluding carboxylic acids is 1. The van der Waals surface area contributed by atoms with Crippen molar-refractivity contribution in [3.8, 4) is 0 Å². The predicted molar refractivity (Wildman–Crippen MR) is 92.9 cm³/mol. The molecule has 7 nitrogen and oxygen atoms in total. The fourth-order valence-electron chi connectivity index (χ4n) is 2.91. The Labute approximate surface area is 146 Å². The largest absolute Gasteiger partial charge is 0.337 e. The molecule has 1 saturated heterocycles. The monoisotopic (exact) mass is 346 g/mol. The summed E-state index contributed by atoms with van der Waals surface area (Å²) in [6.45, 7) is 6.19. The van der Waals surface area contributed by atoms with Crippen LogP contribution in [0.2, 0.25) is 0 Å². The summed E-state index contributed by atoms with van der Waals surface area (Å²) in [5, 5.41) is 10.9. The molecule has 8 heteroatoms. The average molecular weight is 346 g/mol. The predicted octanol–water partition coefficient (Wildman–Crippen LogP) is 1.86. The van der Waals surface area contributed by atoms with E-state index in [0.29, 0.717) is 31.7 Å². The maximum absolute atomic E-state index is 13.7. The van der Waals surface area contributed by atoms with Crippen molar-refractivity contribution in [2.24, 2.45) is 7.05 Å². The normalized spacial score (nSPS) is 16.0. The molecule has 0 unspecified atom stereocenters. The van der Waals surface area contributed by atoms with E-state index >= 15 is 0 Å². The lowest BCUT2D eigenvalue weighted by Gasteiger charge is -2.35. The van der Waals surface area contributed by atoms with Crippen LogP contribution in [0.25, 0.3) is 0 Å². The van der Waals surface area contributed by atoms with Gasteiger partial charge < -0.3 is 19.7 Å². The number of hydrogen-bond acceptors (Lipinski definition) is 4. The molecule has 2 aromatic rings. The number of aryl methyl sites for hydroxylation is 2. The van der Waals surface area contributed by atoms with Crippen molar-refractivity contribution in [2.75, 3.05) is 31.1 Å². The van der Waals surface area contributed by atoms with E-state index in [0.717, 1.165) is 11.5 Å². The van der Waals surface area contributed by atoms with E-state index < -0.39 is 0 Å². The Bertz CT molecular complexity index is 753. The van der Waals surface area contributed by atoms with Crippen LogP contribution in [-0.4, -0.2) is 51.9 Å². The van der Waals surface area contributed by atoms with Gasteiger partial charge in [0.15, 0.2) is 0 Å². The van der Waals surface area contributed by atoms with E-state index in [9.17, 15) is 9.18 Å². The van der Waals surface area contributed by atoms with Crippen molar-refractivity contribution in [2.45, 2.75) is 19.9 Å². The number of anilines is 1. The molecule has 1 N–H and O–H groups in total. The Morgan fingerprint density at radius 1 is 1.28 bits per heavy atom. The van der Waals surface area contributed by atoms with Crippen molar-refractivity contribution in [1.29, 1.82) is 0 Å². The van der Waals surface area contributed by atoms with Crippen LogP contribution >= 0.6 is 0 Å². The Morgan fingerprint density at radius 3 is 2.60 bits per heavy atom. The van der Waals surface area contributed by atoms with E-state index in [1.807, 2.05) is 24.6 Å². The van der Waals surface area contributed by atoms with Gasteiger partial charge in [-0.3, -0.25) is 0 Å². The van der Waals surface area contributed by atoms with Crippen LogP contribution in [-0.2, 0) is 7.05 Å². The molecule has 25 heavy (non-hydrogen) atoms. The molecule has 0 radical (unpaired) electrons. The number of amides is 2. The highest BCUT2D eigenvalue weighted by Gasteiger charge is 2.24. The third kappa shape index (κ3) is 3.72. The Kier molecular flexibility index (Phi) is 4.87. The maximum atomic E-state index is 13.7. The number of carbonyl (C=O) groups is 1. The fourth-order valence-corrected chi connectivity index (χ4v) is 2.91. The summed E-state index contributed by atoms with van der Waals surface area (Å²) in [5.41, 5.74) is 1.36. The van der Waals surface area contributed by atoms with Gasteiger partial charge in [-0.2, -0.15) is 0 Å². The van der Waals surface area contributed by atoms with Crippen molar-refractivity contribution in [3.05, 3.63) is 41.5 Å². The van der Waals surface area contributed by atoms with Gasteiger partial charge in [-0.15, -0.1) is 10.2 Å². The number of halogens is 1. The van der Waals surface area contributed by atoms with Crippen molar-refractivity contribution in [1.82, 2.24) is 25.0 Å². The van der Waals surface area contributed by atoms with Gasteiger partial charge in [0, 0.05) is 33.2 Å². The van der Waals surface area contributed by atoms with E-state index in [2.05, 4.69) is 20.4 Å². The lowest BCUT2D eigenvalue weighted by molar-refractivity contribution is 0.191. The number of benzene rings is 1. The Balaban J connectivity index is 1.55. The number of nitrogens with zero attached hydrogens (tertiary/aromatic N) is 5. The third-order valence-electron chi connectivity index (χ3n) is 4.57. The highest BCUT2D eigenvalue weighted by Crippen LogP contribution is 2.17. The minimum atomic E-state index is -0.254. The van der Waals surface area contributed by atoms with Crippen LogP contribution in [0, 0.1) is 12.7 Å². The number of piperazine rings is 1. The van der Waals surface area contributed by atoms with Crippen LogP contribution in [0.15, 0.2) is 24.5 Å². The summed E-state index contributed by atoms with van der Waals surface area (Å²) in [5.74, 6) is 0.555. The molecule has 1 aliphatic heterocycles. The lowest BCUT2D eigenvalue weighted by Crippen LogP contribution is -2.52. The fraction of sp³-hybridized carbons (Fsp3) is 0.471. The zero-order chi connectivity index (χ0) is 18.0. The minimum absolute atomic E-state index is 0.133. The number of aromatic nitrogens is 3. The molecule has 1 aromatic heterocycles. The summed E-state index contributed by atoms with van der Waals surface area (Å²) in [6.07, 6.45) is 1.66. The van der Waals surface area contributed by atoms with E-state index in [-0.39, 0.29) is 17.9 Å². The highest BCUT2D eigenvalue weighted by atomic mass is 19.1. The van der Waals surface area contributed by atoms with Crippen molar-refractivity contribution >= 4 is 12.0 Å². The average Bonchev–Trinajstić information content (AvgIpc) is 3.03. The molecule has 1 aliphatic rings. The lowest BCUT2D eigenvalue weighted by atomic mass is 10.1. The molecular formula is C17H23FN6O. The molecule has 1 aromatic carbocycles. The zero-order valence-electron chi connectivity index (χ0n) is 14.7. The quantitative estimate of drug-likeness (QED) is 0.921. The summed E-state index contributed by atoms with van der Waals surface area (Å²) in [6, 6.07) is 4.67. The second-order valence-electron chi connectivity index (χ2n) is 6.40. The van der Waals surface area contributed by atoms with Crippen LogP contribution in [0.5, 0.6) is 0 Å². The van der Waals surface area contributed by atoms with E-state index in [1.54, 1.807) is 24.2 Å². The molecule has 1 fully saturated rings. The van der Waals surface area contributed by atoms with Gasteiger partial charge in [-0.25, -0.2) is 9.18 Å². The Hall–Kier alpha value is -2.64. The topological polar surface area (TPSA) is 66.3 Å². The molecule has 2 heterocycles. The molecule has 0 saturated carbocycles. The van der Waals surface area contributed by atoms with Gasteiger partial charge in [-0.05, 0) is 31.0 Å². The zero-order valence-corrected chi connectivity index (χ0v) is 14.7. The van der Waals surface area contributed by atoms with Gasteiger partial charge in [0.25, 0.3) is 0 Å². The van der Waals surface area contributed by atoms with Crippen LogP contribution < -0.4 is 10.2 Å². The molecular weight excluding hydrogens is 323 g/mol. The molecule has 0 aliphatic carbocycles. The Morgan fingerprint density at radius 2 is 2.00 bits per heavy atom. The van der Waals surface area contributed by atoms with Gasteiger partial charge >= 0.3 is 6.03 Å². The first-order valence-electron chi connectivity index (χ1n) is 8.36. The second kappa shape index (κ2) is 7.08. The molecule has 0 spiro atoms. The number of hydrogen-bond donors (Lipinski definition) is 1. The van der Waals surface area contributed by atoms with Crippen molar-refractivity contribution < 1.29 is 9.18 Å². The first-order valence-corrected chi connectivity index (χ1v) is 8.36. The molecule has 3 rings (SSSR count). The van der Waals surface area contributed by atoms with Crippen LogP contribution in [0.4, 0.5) is 15.1 Å². The van der Waals surface area contributed by atoms with Gasteiger partial charge in [0.1, 0.15) is 12.1 Å². The first kappa shape index (κ1) is 17.2. The van der Waals surface area contributed by atoms with Gasteiger partial charge in [0.05, 0.1) is 6.04 Å². The number of rotatable bonds is 3. The summed E-state index contributed by atoms with van der Waals surface area (Å²) in [4.78, 5) is 16.3. The first-order chi connectivity index (χ1) is 12.0. The standard InChI is InChI=1S/C17H23FN6O/c1-12-4-5-14(10-15(12)18)13(2)20-17(25)24-8-6-23(7-9-24)16-21-19-11-22(16)3/h4-5,10-11,13H,6-9H2,1-3H3,(H,20,25)/t13-/m1/s1. The molecule has 134 valence electrons.